The third-order valence-electron chi connectivity index (χ3n) is 3.77. The minimum atomic E-state index is -0.382. The van der Waals surface area contributed by atoms with Gasteiger partial charge in [0.05, 0.1) is 11.3 Å². The second-order valence-corrected chi connectivity index (χ2v) is 5.43. The standard InChI is InChI=1S/C9H8N2O2.C6H8N4O/c1-10-5-4-7-6-8(11(12)13)2-3-9(7)10;1-10-3-8-4-2-7-6(11)9-5(4)10/h2-6H,1H3;2-3,5H,1H3,(H2,7,9,11). The number of nitrogens with zero attached hydrogens (tertiary/aromatic N) is 4. The maximum Gasteiger partial charge on any atom is 0.320 e. The smallest absolute Gasteiger partial charge is 0.320 e. The Morgan fingerprint density at radius 3 is 2.83 bits per heavy atom. The molecular weight excluding hydrogens is 312 g/mol. The van der Waals surface area contributed by atoms with E-state index in [1.54, 1.807) is 24.7 Å². The lowest BCUT2D eigenvalue weighted by molar-refractivity contribution is -0.384. The average molecular weight is 328 g/mol. The number of hydrogen-bond acceptors (Lipinski definition) is 5. The zero-order valence-corrected chi connectivity index (χ0v) is 13.1. The zero-order chi connectivity index (χ0) is 17.3. The molecule has 1 aromatic heterocycles. The fourth-order valence-electron chi connectivity index (χ4n) is 2.48. The Labute approximate surface area is 137 Å². The summed E-state index contributed by atoms with van der Waals surface area (Å²) in [6, 6.07) is 6.53. The number of aryl methyl sites for hydroxylation is 1. The number of nitro benzene ring substituents is 1. The number of urea groups is 1. The van der Waals surface area contributed by atoms with Crippen LogP contribution in [0, 0.1) is 10.1 Å². The van der Waals surface area contributed by atoms with E-state index in [9.17, 15) is 14.9 Å². The molecule has 9 heteroatoms. The third-order valence-corrected chi connectivity index (χ3v) is 3.77. The van der Waals surface area contributed by atoms with Crippen LogP contribution in [0.5, 0.6) is 0 Å². The number of benzene rings is 1. The maximum atomic E-state index is 10.8. The molecule has 0 fully saturated rings. The minimum Gasteiger partial charge on any atom is -0.351 e. The highest BCUT2D eigenvalue weighted by atomic mass is 16.6. The van der Waals surface area contributed by atoms with E-state index in [0.29, 0.717) is 0 Å². The van der Waals surface area contributed by atoms with Gasteiger partial charge >= 0.3 is 6.03 Å². The lowest BCUT2D eigenvalue weighted by atomic mass is 10.2. The quantitative estimate of drug-likeness (QED) is 0.611. The Morgan fingerprint density at radius 2 is 2.08 bits per heavy atom. The van der Waals surface area contributed by atoms with Crippen LogP contribution in [0.2, 0.25) is 0 Å². The number of carbonyl (C=O) groups excluding carboxylic acids is 1. The van der Waals surface area contributed by atoms with Crippen LogP contribution < -0.4 is 10.6 Å². The van der Waals surface area contributed by atoms with Crippen molar-refractivity contribution in [1.82, 2.24) is 20.1 Å². The molecule has 3 heterocycles. The molecule has 2 aliphatic heterocycles. The van der Waals surface area contributed by atoms with Gasteiger partial charge < -0.3 is 20.1 Å². The van der Waals surface area contributed by atoms with E-state index in [-0.39, 0.29) is 22.8 Å². The molecule has 0 aliphatic carbocycles. The van der Waals surface area contributed by atoms with Gasteiger partial charge in [0.1, 0.15) is 11.9 Å². The van der Waals surface area contributed by atoms with Gasteiger partial charge in [-0.1, -0.05) is 0 Å². The highest BCUT2D eigenvalue weighted by molar-refractivity contribution is 5.82. The van der Waals surface area contributed by atoms with Crippen LogP contribution in [0.15, 0.2) is 47.4 Å². The number of nitro groups is 1. The van der Waals surface area contributed by atoms with E-state index in [0.717, 1.165) is 16.6 Å². The third kappa shape index (κ3) is 2.91. The van der Waals surface area contributed by atoms with E-state index < -0.39 is 0 Å². The summed E-state index contributed by atoms with van der Waals surface area (Å²) in [6.45, 7) is 0. The van der Waals surface area contributed by atoms with Gasteiger partial charge in [0.2, 0.25) is 0 Å². The molecule has 24 heavy (non-hydrogen) atoms. The molecule has 1 aromatic carbocycles. The van der Waals surface area contributed by atoms with Gasteiger partial charge in [-0.3, -0.25) is 10.1 Å². The molecule has 2 aliphatic rings. The Hall–Kier alpha value is -3.36. The van der Waals surface area contributed by atoms with Crippen LogP contribution in [0.1, 0.15) is 0 Å². The van der Waals surface area contributed by atoms with Crippen molar-refractivity contribution >= 4 is 29.0 Å². The Bertz CT molecular complexity index is 869. The van der Waals surface area contributed by atoms with Gasteiger partial charge in [-0.25, -0.2) is 9.79 Å². The average Bonchev–Trinajstić information content (AvgIpc) is 3.11. The number of aliphatic imine (C=N–C) groups is 1. The first kappa shape index (κ1) is 15.5. The first-order chi connectivity index (χ1) is 11.5. The maximum absolute atomic E-state index is 10.8. The molecule has 1 atom stereocenters. The fraction of sp³-hybridized carbons (Fsp3) is 0.200. The predicted octanol–water partition coefficient (Wildman–Crippen LogP) is 1.53. The highest BCUT2D eigenvalue weighted by Crippen LogP contribution is 2.20. The zero-order valence-electron chi connectivity index (χ0n) is 13.1. The van der Waals surface area contributed by atoms with Gasteiger partial charge in [0, 0.05) is 49.5 Å². The highest BCUT2D eigenvalue weighted by Gasteiger charge is 2.27. The van der Waals surface area contributed by atoms with Crippen molar-refractivity contribution in [3.63, 3.8) is 0 Å². The molecule has 124 valence electrons. The van der Waals surface area contributed by atoms with E-state index in [1.165, 1.54) is 6.07 Å². The minimum absolute atomic E-state index is 0.0799. The number of nitrogens with one attached hydrogen (secondary N) is 2. The van der Waals surface area contributed by atoms with Crippen LogP contribution in [0.25, 0.3) is 10.9 Å². The lowest BCUT2D eigenvalue weighted by Gasteiger charge is -2.24. The van der Waals surface area contributed by atoms with Crippen molar-refractivity contribution in [2.75, 3.05) is 7.05 Å². The first-order valence-electron chi connectivity index (χ1n) is 7.18. The van der Waals surface area contributed by atoms with Crippen molar-refractivity contribution in [3.8, 4) is 0 Å². The molecule has 0 bridgehead atoms. The van der Waals surface area contributed by atoms with Crippen LogP contribution >= 0.6 is 0 Å². The van der Waals surface area contributed by atoms with E-state index in [1.807, 2.05) is 35.8 Å². The number of hydrogen-bond donors (Lipinski definition) is 2. The monoisotopic (exact) mass is 328 g/mol. The van der Waals surface area contributed by atoms with Crippen molar-refractivity contribution in [2.24, 2.45) is 12.0 Å². The van der Waals surface area contributed by atoms with Crippen LogP contribution in [0.3, 0.4) is 0 Å². The number of carbonyl (C=O) groups is 1. The molecule has 2 aromatic rings. The summed E-state index contributed by atoms with van der Waals surface area (Å²) in [5.74, 6) is 0. The Balaban J connectivity index is 0.000000143. The summed E-state index contributed by atoms with van der Waals surface area (Å²) in [7, 11) is 3.77. The van der Waals surface area contributed by atoms with Gasteiger partial charge in [-0.2, -0.15) is 0 Å². The lowest BCUT2D eigenvalue weighted by Crippen LogP contribution is -2.50. The number of non-ortho nitro benzene ring substituents is 1. The molecule has 0 saturated heterocycles. The van der Waals surface area contributed by atoms with Gasteiger partial charge in [-0.15, -0.1) is 0 Å². The number of likely N-dealkylation sites (N-methyl/N-ethyl adjacent to an activating group) is 1. The summed E-state index contributed by atoms with van der Waals surface area (Å²) in [4.78, 5) is 26.8. The van der Waals surface area contributed by atoms with Gasteiger partial charge in [0.15, 0.2) is 0 Å². The molecule has 9 nitrogen and oxygen atoms in total. The number of aromatic nitrogens is 1. The van der Waals surface area contributed by atoms with Crippen molar-refractivity contribution < 1.29 is 9.72 Å². The Morgan fingerprint density at radius 1 is 1.29 bits per heavy atom. The Kier molecular flexibility index (Phi) is 3.90. The van der Waals surface area contributed by atoms with Crippen LogP contribution in [-0.4, -0.2) is 40.0 Å². The number of fused-ring (bicyclic) bond motifs is 2. The fourth-order valence-corrected chi connectivity index (χ4v) is 2.48. The van der Waals surface area contributed by atoms with Crippen molar-refractivity contribution in [1.29, 1.82) is 0 Å². The molecular formula is C15H16N6O3. The number of amides is 2. The first-order valence-corrected chi connectivity index (χ1v) is 7.18. The molecule has 4 rings (SSSR count). The normalized spacial score (nSPS) is 18.2. The van der Waals surface area contributed by atoms with E-state index in [2.05, 4.69) is 15.6 Å². The van der Waals surface area contributed by atoms with E-state index in [4.69, 9.17) is 0 Å². The molecule has 0 spiro atoms. The molecule has 1 unspecified atom stereocenters. The predicted molar refractivity (Wildman–Crippen MR) is 89.4 cm³/mol. The van der Waals surface area contributed by atoms with Crippen LogP contribution in [-0.2, 0) is 7.05 Å². The van der Waals surface area contributed by atoms with E-state index >= 15 is 0 Å². The van der Waals surface area contributed by atoms with Gasteiger partial charge in [0.25, 0.3) is 5.69 Å². The van der Waals surface area contributed by atoms with Crippen LogP contribution in [0.4, 0.5) is 10.5 Å². The summed E-state index contributed by atoms with van der Waals surface area (Å²) in [6.07, 6.45) is 5.10. The summed E-state index contributed by atoms with van der Waals surface area (Å²) in [5.41, 5.74) is 1.98. The SMILES string of the molecule is CN1C=NC2=CNC(=O)NC21.Cn1ccc2cc([N+](=O)[O-])ccc21. The second-order valence-electron chi connectivity index (χ2n) is 5.43. The molecule has 0 radical (unpaired) electrons. The van der Waals surface area contributed by atoms with Crippen molar-refractivity contribution in [2.45, 2.75) is 6.17 Å². The molecule has 0 saturated carbocycles. The molecule has 2 N–H and O–H groups in total. The summed E-state index contributed by atoms with van der Waals surface area (Å²) < 4.78 is 1.93. The molecule has 2 amide bonds. The van der Waals surface area contributed by atoms with Crippen molar-refractivity contribution in [3.05, 3.63) is 52.5 Å². The second kappa shape index (κ2) is 6.03. The van der Waals surface area contributed by atoms with Gasteiger partial charge in [-0.05, 0) is 12.1 Å². The number of rotatable bonds is 1. The summed E-state index contributed by atoms with van der Waals surface area (Å²) >= 11 is 0. The topological polar surface area (TPSA) is 105 Å². The largest absolute Gasteiger partial charge is 0.351 e. The summed E-state index contributed by atoms with van der Waals surface area (Å²) in [5, 5.41) is 16.6.